The van der Waals surface area contributed by atoms with Crippen LogP contribution >= 0.6 is 0 Å². The molecule has 0 aromatic heterocycles. The molecule has 2 unspecified atom stereocenters. The average Bonchev–Trinajstić information content (AvgIpc) is 2.36. The second-order valence-corrected chi connectivity index (χ2v) is 3.27. The van der Waals surface area contributed by atoms with Gasteiger partial charge in [0.15, 0.2) is 0 Å². The van der Waals surface area contributed by atoms with E-state index in [-0.39, 0.29) is 18.1 Å². The second-order valence-electron chi connectivity index (χ2n) is 3.27. The number of carbonyl (C=O) groups excluding carboxylic acids is 1. The minimum Gasteiger partial charge on any atom is -0.376 e. The molecule has 0 aromatic carbocycles. The fourth-order valence-corrected chi connectivity index (χ4v) is 1.24. The summed E-state index contributed by atoms with van der Waals surface area (Å²) in [7, 11) is 0. The highest BCUT2D eigenvalue weighted by Gasteiger charge is 2.26. The summed E-state index contributed by atoms with van der Waals surface area (Å²) in [6.45, 7) is 4.36. The lowest BCUT2D eigenvalue weighted by Crippen LogP contribution is -2.46. The van der Waals surface area contributed by atoms with Crippen LogP contribution in [0.25, 0.3) is 0 Å². The molecule has 0 aliphatic carbocycles. The minimum atomic E-state index is -0.433. The van der Waals surface area contributed by atoms with E-state index >= 15 is 0 Å². The third-order valence-electron chi connectivity index (χ3n) is 2.12. The van der Waals surface area contributed by atoms with Crippen molar-refractivity contribution in [3.8, 4) is 0 Å². The van der Waals surface area contributed by atoms with Crippen molar-refractivity contribution in [2.75, 3.05) is 6.61 Å². The van der Waals surface area contributed by atoms with Crippen molar-refractivity contribution in [3.05, 3.63) is 0 Å². The van der Waals surface area contributed by atoms with Gasteiger partial charge in [-0.3, -0.25) is 4.79 Å². The molecule has 0 radical (unpaired) electrons. The molecule has 1 aliphatic heterocycles. The molecule has 70 valence electrons. The molecule has 4 heteroatoms. The number of hydrogen-bond donors (Lipinski definition) is 2. The van der Waals surface area contributed by atoms with E-state index in [0.29, 0.717) is 0 Å². The SMILES string of the molecule is CC1OCCC1NC(=O)[C@H](C)N. The summed E-state index contributed by atoms with van der Waals surface area (Å²) in [6, 6.07) is -0.290. The molecule has 0 saturated carbocycles. The summed E-state index contributed by atoms with van der Waals surface area (Å²) in [4.78, 5) is 11.2. The fraction of sp³-hybridized carbons (Fsp3) is 0.875. The van der Waals surface area contributed by atoms with Crippen LogP contribution in [-0.2, 0) is 9.53 Å². The van der Waals surface area contributed by atoms with Gasteiger partial charge in [0, 0.05) is 6.61 Å². The first-order valence-corrected chi connectivity index (χ1v) is 4.29. The Morgan fingerprint density at radius 1 is 1.75 bits per heavy atom. The fourth-order valence-electron chi connectivity index (χ4n) is 1.24. The number of ether oxygens (including phenoxy) is 1. The molecule has 1 rings (SSSR count). The molecule has 1 saturated heterocycles. The van der Waals surface area contributed by atoms with Crippen molar-refractivity contribution < 1.29 is 9.53 Å². The Balaban J connectivity index is 2.35. The van der Waals surface area contributed by atoms with Gasteiger partial charge >= 0.3 is 0 Å². The van der Waals surface area contributed by atoms with E-state index in [1.54, 1.807) is 6.92 Å². The molecule has 1 amide bonds. The number of hydrogen-bond acceptors (Lipinski definition) is 3. The standard InChI is InChI=1S/C8H16N2O2/c1-5(9)8(11)10-7-3-4-12-6(7)2/h5-7H,3-4,9H2,1-2H3,(H,10,11)/t5-,6?,7?/m0/s1. The monoisotopic (exact) mass is 172 g/mol. The number of nitrogens with one attached hydrogen (secondary N) is 1. The third kappa shape index (κ3) is 2.19. The van der Waals surface area contributed by atoms with E-state index in [1.165, 1.54) is 0 Å². The number of nitrogens with two attached hydrogens (primary N) is 1. The lowest BCUT2D eigenvalue weighted by atomic mass is 10.1. The maximum atomic E-state index is 11.2. The molecular weight excluding hydrogens is 156 g/mol. The van der Waals surface area contributed by atoms with Crippen LogP contribution in [0.4, 0.5) is 0 Å². The number of amides is 1. The summed E-state index contributed by atoms with van der Waals surface area (Å²) in [5.74, 6) is -0.0997. The Kier molecular flexibility index (Phi) is 3.05. The topological polar surface area (TPSA) is 64.3 Å². The zero-order valence-corrected chi connectivity index (χ0v) is 7.54. The first-order valence-electron chi connectivity index (χ1n) is 4.29. The highest BCUT2D eigenvalue weighted by Crippen LogP contribution is 2.12. The van der Waals surface area contributed by atoms with E-state index in [9.17, 15) is 4.79 Å². The van der Waals surface area contributed by atoms with Gasteiger partial charge in [-0.05, 0) is 20.3 Å². The van der Waals surface area contributed by atoms with Gasteiger partial charge in [-0.25, -0.2) is 0 Å². The molecule has 1 fully saturated rings. The largest absolute Gasteiger partial charge is 0.376 e. The molecule has 0 bridgehead atoms. The van der Waals surface area contributed by atoms with Gasteiger partial charge in [0.1, 0.15) is 0 Å². The molecule has 0 aromatic rings. The van der Waals surface area contributed by atoms with Gasteiger partial charge in [-0.1, -0.05) is 0 Å². The quantitative estimate of drug-likeness (QED) is 0.597. The van der Waals surface area contributed by atoms with Crippen LogP contribution in [0.3, 0.4) is 0 Å². The van der Waals surface area contributed by atoms with Gasteiger partial charge in [-0.2, -0.15) is 0 Å². The predicted molar refractivity (Wildman–Crippen MR) is 45.6 cm³/mol. The Morgan fingerprint density at radius 2 is 2.42 bits per heavy atom. The Morgan fingerprint density at radius 3 is 2.83 bits per heavy atom. The zero-order chi connectivity index (χ0) is 9.14. The normalized spacial score (nSPS) is 31.6. The molecule has 12 heavy (non-hydrogen) atoms. The van der Waals surface area contributed by atoms with Gasteiger partial charge in [0.05, 0.1) is 18.2 Å². The predicted octanol–water partition coefficient (Wildman–Crippen LogP) is -0.373. The maximum absolute atomic E-state index is 11.2. The summed E-state index contributed by atoms with van der Waals surface area (Å²) in [5.41, 5.74) is 5.41. The van der Waals surface area contributed by atoms with Gasteiger partial charge < -0.3 is 15.8 Å². The molecule has 3 N–H and O–H groups in total. The highest BCUT2D eigenvalue weighted by molar-refractivity contribution is 5.81. The van der Waals surface area contributed by atoms with Gasteiger partial charge in [0.25, 0.3) is 0 Å². The number of rotatable bonds is 2. The zero-order valence-electron chi connectivity index (χ0n) is 7.54. The van der Waals surface area contributed by atoms with Crippen molar-refractivity contribution >= 4 is 5.91 Å². The summed E-state index contributed by atoms with van der Waals surface area (Å²) in [6.07, 6.45) is 1.01. The lowest BCUT2D eigenvalue weighted by Gasteiger charge is -2.17. The number of carbonyl (C=O) groups is 1. The first kappa shape index (κ1) is 9.48. The summed E-state index contributed by atoms with van der Waals surface area (Å²) in [5, 5.41) is 2.84. The Bertz CT molecular complexity index is 170. The van der Waals surface area contributed by atoms with E-state index in [0.717, 1.165) is 13.0 Å². The van der Waals surface area contributed by atoms with Crippen LogP contribution < -0.4 is 11.1 Å². The molecule has 1 aliphatic rings. The summed E-state index contributed by atoms with van der Waals surface area (Å²) < 4.78 is 5.29. The van der Waals surface area contributed by atoms with Crippen LogP contribution in [0.2, 0.25) is 0 Å². The van der Waals surface area contributed by atoms with E-state index in [1.807, 2.05) is 6.92 Å². The van der Waals surface area contributed by atoms with Crippen LogP contribution in [-0.4, -0.2) is 30.7 Å². The molecule has 4 nitrogen and oxygen atoms in total. The summed E-state index contributed by atoms with van der Waals surface area (Å²) >= 11 is 0. The Labute approximate surface area is 72.5 Å². The van der Waals surface area contributed by atoms with Crippen molar-refractivity contribution in [2.45, 2.75) is 38.5 Å². The second kappa shape index (κ2) is 3.87. The minimum absolute atomic E-state index is 0.0997. The molecule has 0 spiro atoms. The lowest BCUT2D eigenvalue weighted by molar-refractivity contribution is -0.123. The van der Waals surface area contributed by atoms with Gasteiger partial charge in [0.2, 0.25) is 5.91 Å². The van der Waals surface area contributed by atoms with Crippen molar-refractivity contribution in [1.82, 2.24) is 5.32 Å². The van der Waals surface area contributed by atoms with Crippen molar-refractivity contribution in [1.29, 1.82) is 0 Å². The first-order chi connectivity index (χ1) is 5.61. The van der Waals surface area contributed by atoms with Crippen LogP contribution in [0.5, 0.6) is 0 Å². The van der Waals surface area contributed by atoms with Gasteiger partial charge in [-0.15, -0.1) is 0 Å². The molecule has 1 heterocycles. The molecule has 3 atom stereocenters. The van der Waals surface area contributed by atoms with Crippen LogP contribution in [0, 0.1) is 0 Å². The van der Waals surface area contributed by atoms with Crippen LogP contribution in [0.1, 0.15) is 20.3 Å². The van der Waals surface area contributed by atoms with E-state index in [4.69, 9.17) is 10.5 Å². The van der Waals surface area contributed by atoms with Crippen LogP contribution in [0.15, 0.2) is 0 Å². The third-order valence-corrected chi connectivity index (χ3v) is 2.12. The smallest absolute Gasteiger partial charge is 0.236 e. The van der Waals surface area contributed by atoms with Crippen molar-refractivity contribution in [2.24, 2.45) is 5.73 Å². The van der Waals surface area contributed by atoms with Crippen molar-refractivity contribution in [3.63, 3.8) is 0 Å². The highest BCUT2D eigenvalue weighted by atomic mass is 16.5. The Hall–Kier alpha value is -0.610. The van der Waals surface area contributed by atoms with E-state index < -0.39 is 6.04 Å². The average molecular weight is 172 g/mol. The maximum Gasteiger partial charge on any atom is 0.236 e. The molecular formula is C8H16N2O2. The van der Waals surface area contributed by atoms with E-state index in [2.05, 4.69) is 5.32 Å².